The van der Waals surface area contributed by atoms with Crippen LogP contribution in [0.4, 0.5) is 34.5 Å². The molecule has 0 aliphatic heterocycles. The molecule has 0 aromatic carbocycles. The van der Waals surface area contributed by atoms with Gasteiger partial charge in [-0.2, -0.15) is 0 Å². The quantitative estimate of drug-likeness (QED) is 0.0326. The van der Waals surface area contributed by atoms with Crippen molar-refractivity contribution in [2.24, 2.45) is 55.3 Å². The van der Waals surface area contributed by atoms with E-state index in [0.29, 0.717) is 11.4 Å². The Balaban J connectivity index is 0.772. The third-order valence-corrected chi connectivity index (χ3v) is 13.0. The Bertz CT molecular complexity index is 3750. The smallest absolute Gasteiger partial charge is 0.291 e. The van der Waals surface area contributed by atoms with Crippen molar-refractivity contribution in [2.75, 3.05) is 58.1 Å². The molecule has 0 bridgehead atoms. The first-order valence-electron chi connectivity index (χ1n) is 26.9. The maximum atomic E-state index is 13.3. The van der Waals surface area contributed by atoms with Crippen molar-refractivity contribution in [3.8, 4) is 0 Å². The summed E-state index contributed by atoms with van der Waals surface area (Å²) in [6, 6.07) is 4.40. The molecule has 7 aromatic heterocycles. The summed E-state index contributed by atoms with van der Waals surface area (Å²) in [7, 11) is 11.2. The number of ketones is 1. The van der Waals surface area contributed by atoms with E-state index in [-0.39, 0.29) is 134 Å². The standard InChI is InChI=1S/C54H67N21O11/c1-30(2)37(76)12-16-58-51(83)46-67-40(29-74(46)8)68-50(82)36-21-31(24-72(36)6)60-42(78)13-18-59-52(84)45-65-38(27-73(45)7)63-41(77)11-10-15-56-48(80)34-23-33(26-70(34)4)62-54(86)47-66-39(28-75(47)9)64-43(79)14-17-57-49(81)35-22-32(25-71(35)5)61-53(85)44-55-19-20-69(44)3/h19-30H,10-18H2,1-9H3,(H,56,80)(H,57,81)(H,58,83)(H,59,84)(H,60,78)(H,61,85)(H,62,86)(H,63,77)(H,64,79)(H,68,82). The van der Waals surface area contributed by atoms with Gasteiger partial charge in [0.05, 0.1) is 17.1 Å². The van der Waals surface area contributed by atoms with Crippen LogP contribution < -0.4 is 53.2 Å². The van der Waals surface area contributed by atoms with Gasteiger partial charge in [0.1, 0.15) is 22.9 Å². The molecule has 10 amide bonds. The summed E-state index contributed by atoms with van der Waals surface area (Å²) in [5.74, 6) is -4.80. The number of anilines is 6. The van der Waals surface area contributed by atoms with Gasteiger partial charge in [-0.1, -0.05) is 13.8 Å². The van der Waals surface area contributed by atoms with Crippen LogP contribution in [0.5, 0.6) is 0 Å². The van der Waals surface area contributed by atoms with Crippen LogP contribution in [0.1, 0.15) is 120 Å². The van der Waals surface area contributed by atoms with Gasteiger partial charge in [-0.3, -0.25) is 52.7 Å². The summed E-state index contributed by atoms with van der Waals surface area (Å²) >= 11 is 0. The first kappa shape index (κ1) is 62.6. The lowest BCUT2D eigenvalue weighted by molar-refractivity contribution is -0.122. The molecule has 7 rings (SSSR count). The van der Waals surface area contributed by atoms with Gasteiger partial charge in [0.25, 0.3) is 41.4 Å². The Kier molecular flexibility index (Phi) is 20.3. The van der Waals surface area contributed by atoms with E-state index in [9.17, 15) is 52.7 Å². The van der Waals surface area contributed by atoms with Crippen molar-refractivity contribution >= 4 is 99.4 Å². The minimum absolute atomic E-state index is 0.0137. The number of nitrogens with zero attached hydrogens (tertiary/aromatic N) is 11. The molecule has 10 N–H and O–H groups in total. The van der Waals surface area contributed by atoms with Gasteiger partial charge in [0, 0.05) is 157 Å². The molecule has 0 saturated carbocycles. The number of imidazole rings is 4. The Morgan fingerprint density at radius 3 is 1.23 bits per heavy atom. The molecular weight excluding hydrogens is 1120 g/mol. The summed E-state index contributed by atoms with van der Waals surface area (Å²) in [6.07, 6.45) is 12.2. The predicted octanol–water partition coefficient (Wildman–Crippen LogP) is 1.40. The van der Waals surface area contributed by atoms with E-state index in [4.69, 9.17) is 0 Å². The number of carbonyl (C=O) groups is 11. The summed E-state index contributed by atoms with van der Waals surface area (Å²) < 4.78 is 10.3. The number of nitrogens with one attached hydrogen (secondary N) is 10. The summed E-state index contributed by atoms with van der Waals surface area (Å²) in [6.45, 7) is 3.71. The second-order valence-electron chi connectivity index (χ2n) is 20.2. The highest BCUT2D eigenvalue weighted by Crippen LogP contribution is 2.19. The first-order valence-corrected chi connectivity index (χ1v) is 26.9. The van der Waals surface area contributed by atoms with Gasteiger partial charge in [0.15, 0.2) is 23.3 Å². The van der Waals surface area contributed by atoms with Crippen LogP contribution in [0.15, 0.2) is 67.8 Å². The molecule has 86 heavy (non-hydrogen) atoms. The van der Waals surface area contributed by atoms with Crippen LogP contribution in [0, 0.1) is 5.92 Å². The van der Waals surface area contributed by atoms with Gasteiger partial charge in [-0.05, 0) is 24.6 Å². The minimum Gasteiger partial charge on any atom is -0.351 e. The van der Waals surface area contributed by atoms with Crippen molar-refractivity contribution in [2.45, 2.75) is 46.0 Å². The second-order valence-corrected chi connectivity index (χ2v) is 20.2. The van der Waals surface area contributed by atoms with Gasteiger partial charge in [-0.25, -0.2) is 19.9 Å². The fourth-order valence-corrected chi connectivity index (χ4v) is 8.52. The minimum atomic E-state index is -0.632. The third-order valence-electron chi connectivity index (χ3n) is 13.0. The summed E-state index contributed by atoms with van der Waals surface area (Å²) in [5, 5.41) is 26.6. The molecule has 0 saturated heterocycles. The molecule has 7 aromatic rings. The molecule has 454 valence electrons. The molecule has 7 heterocycles. The highest BCUT2D eigenvalue weighted by atomic mass is 16.2. The summed E-state index contributed by atoms with van der Waals surface area (Å²) in [4.78, 5) is 158. The van der Waals surface area contributed by atoms with Crippen LogP contribution in [0.25, 0.3) is 0 Å². The average molecular weight is 1190 g/mol. The third kappa shape index (κ3) is 16.4. The van der Waals surface area contributed by atoms with Crippen molar-refractivity contribution < 1.29 is 52.7 Å². The highest BCUT2D eigenvalue weighted by Gasteiger charge is 2.23. The Morgan fingerprint density at radius 1 is 0.384 bits per heavy atom. The molecule has 0 atom stereocenters. The predicted molar refractivity (Wildman–Crippen MR) is 311 cm³/mol. The number of aryl methyl sites for hydroxylation is 7. The molecule has 0 radical (unpaired) electrons. The fourth-order valence-electron chi connectivity index (χ4n) is 8.52. The number of amides is 10. The molecule has 0 fully saturated rings. The zero-order valence-electron chi connectivity index (χ0n) is 48.7. The number of aromatic nitrogens is 11. The van der Waals surface area contributed by atoms with Crippen molar-refractivity contribution in [3.63, 3.8) is 0 Å². The molecule has 0 spiro atoms. The molecule has 32 heteroatoms. The molecular formula is C54H67N21O11. The van der Waals surface area contributed by atoms with Gasteiger partial charge < -0.3 is 85.1 Å². The monoisotopic (exact) mass is 1190 g/mol. The second kappa shape index (κ2) is 27.9. The van der Waals surface area contributed by atoms with E-state index in [1.807, 2.05) is 0 Å². The lowest BCUT2D eigenvalue weighted by atomic mass is 10.1. The van der Waals surface area contributed by atoms with E-state index in [1.54, 1.807) is 80.1 Å². The van der Waals surface area contributed by atoms with Crippen LogP contribution >= 0.6 is 0 Å². The van der Waals surface area contributed by atoms with Crippen LogP contribution in [0.3, 0.4) is 0 Å². The normalized spacial score (nSPS) is 11.0. The van der Waals surface area contributed by atoms with Gasteiger partial charge in [0.2, 0.25) is 35.2 Å². The van der Waals surface area contributed by atoms with Crippen LogP contribution in [0.2, 0.25) is 0 Å². The van der Waals surface area contributed by atoms with E-state index in [1.165, 1.54) is 82.8 Å². The van der Waals surface area contributed by atoms with Crippen molar-refractivity contribution in [1.29, 1.82) is 0 Å². The largest absolute Gasteiger partial charge is 0.351 e. The topological polar surface area (TPSA) is 394 Å². The van der Waals surface area contributed by atoms with E-state index < -0.39 is 59.1 Å². The Hall–Kier alpha value is -11.0. The first-order chi connectivity index (χ1) is 40.8. The number of hydrogen-bond acceptors (Lipinski definition) is 15. The van der Waals surface area contributed by atoms with Crippen molar-refractivity contribution in [1.82, 2.24) is 73.2 Å². The van der Waals surface area contributed by atoms with E-state index >= 15 is 0 Å². The zero-order chi connectivity index (χ0) is 62.5. The SMILES string of the molecule is CC(C)C(=O)CCNC(=O)c1nc(NC(=O)c2cc(NC(=O)CCNC(=O)c3nc(NC(=O)CCCNC(=O)c4cc(NC(=O)c5nc(NC(=O)CCNC(=O)c6cc(NC(=O)c7nccn7C)cn6C)cn5C)cn4C)cn3C)cn2C)cn1C. The number of Topliss-reactive ketones (excluding diaryl/α,β-unsaturated/α-hetero) is 1. The lowest BCUT2D eigenvalue weighted by Crippen LogP contribution is -2.29. The molecule has 32 nitrogen and oxygen atoms in total. The van der Waals surface area contributed by atoms with Crippen LogP contribution in [-0.2, 0) is 68.5 Å². The number of hydrogen-bond donors (Lipinski definition) is 10. The number of carbonyl (C=O) groups excluding carboxylic acids is 11. The number of rotatable bonds is 27. The maximum absolute atomic E-state index is 13.3. The molecule has 0 aliphatic carbocycles. The Morgan fingerprint density at radius 2 is 0.767 bits per heavy atom. The average Bonchev–Trinajstić information content (AvgIpc) is 2.84. The highest BCUT2D eigenvalue weighted by molar-refractivity contribution is 6.06. The van der Waals surface area contributed by atoms with Crippen molar-refractivity contribution in [3.05, 3.63) is 108 Å². The zero-order valence-corrected chi connectivity index (χ0v) is 48.7. The fraction of sp³-hybridized carbons (Fsp3) is 0.352. The summed E-state index contributed by atoms with van der Waals surface area (Å²) in [5.41, 5.74) is 1.59. The van der Waals surface area contributed by atoms with Crippen LogP contribution in [-0.4, -0.2) is 143 Å². The molecule has 0 unspecified atom stereocenters. The van der Waals surface area contributed by atoms with E-state index in [0.717, 1.165) is 0 Å². The van der Waals surface area contributed by atoms with Gasteiger partial charge in [-0.15, -0.1) is 0 Å². The Labute approximate surface area is 491 Å². The van der Waals surface area contributed by atoms with E-state index in [2.05, 4.69) is 73.1 Å². The lowest BCUT2D eigenvalue weighted by Gasteiger charge is -2.06. The maximum Gasteiger partial charge on any atom is 0.291 e. The molecule has 0 aliphatic rings. The van der Waals surface area contributed by atoms with Gasteiger partial charge >= 0.3 is 0 Å².